The lowest BCUT2D eigenvalue weighted by molar-refractivity contribution is -0.126. The molecule has 4 unspecified atom stereocenters. The zero-order chi connectivity index (χ0) is 28.0. The number of hydrogen-bond acceptors (Lipinski definition) is 1. The first-order valence-corrected chi connectivity index (χ1v) is 17.4. The van der Waals surface area contributed by atoms with Gasteiger partial charge in [-0.3, -0.25) is 4.79 Å². The smallest absolute Gasteiger partial charge is 0.248 e. The van der Waals surface area contributed by atoms with Gasteiger partial charge in [-0.05, 0) is 69.6 Å². The summed E-state index contributed by atoms with van der Waals surface area (Å²) in [5, 5.41) is 0. The molecular formula is C36H69NO. The molecule has 0 aromatic heterocycles. The standard InChI is InChI=1S/C36H69NO/c1-7-11-13-14-17-21-26-34-32(24-9-3)28-29-33(25-20-12-8-2)35(34)27-22-18-15-16-19-23-30-37(10-4)36(38)31(5)6/h32-35H,5,7-30H2,1-4,6H3. The van der Waals surface area contributed by atoms with Crippen molar-refractivity contribution in [2.75, 3.05) is 13.1 Å². The first-order chi connectivity index (χ1) is 18.5. The number of unbranched alkanes of at least 4 members (excludes halogenated alkanes) is 12. The van der Waals surface area contributed by atoms with E-state index in [0.29, 0.717) is 5.57 Å². The van der Waals surface area contributed by atoms with Gasteiger partial charge in [0.1, 0.15) is 0 Å². The van der Waals surface area contributed by atoms with Crippen molar-refractivity contribution in [2.45, 2.75) is 176 Å². The summed E-state index contributed by atoms with van der Waals surface area (Å²) in [4.78, 5) is 14.1. The highest BCUT2D eigenvalue weighted by molar-refractivity contribution is 5.92. The molecule has 2 nitrogen and oxygen atoms in total. The molecule has 4 atom stereocenters. The number of amides is 1. The highest BCUT2D eigenvalue weighted by atomic mass is 16.2. The molecule has 0 bridgehead atoms. The molecule has 0 heterocycles. The van der Waals surface area contributed by atoms with E-state index in [2.05, 4.69) is 34.3 Å². The average molecular weight is 532 g/mol. The van der Waals surface area contributed by atoms with Crippen molar-refractivity contribution in [2.24, 2.45) is 23.7 Å². The second-order valence-electron chi connectivity index (χ2n) is 12.8. The fourth-order valence-electron chi connectivity index (χ4n) is 7.42. The van der Waals surface area contributed by atoms with Gasteiger partial charge in [-0.1, -0.05) is 137 Å². The van der Waals surface area contributed by atoms with Crippen molar-refractivity contribution in [3.63, 3.8) is 0 Å². The van der Waals surface area contributed by atoms with Crippen LogP contribution >= 0.6 is 0 Å². The van der Waals surface area contributed by atoms with Gasteiger partial charge in [-0.25, -0.2) is 0 Å². The summed E-state index contributed by atoms with van der Waals surface area (Å²) >= 11 is 0. The van der Waals surface area contributed by atoms with Gasteiger partial charge in [-0.2, -0.15) is 0 Å². The van der Waals surface area contributed by atoms with Crippen molar-refractivity contribution >= 4 is 5.91 Å². The van der Waals surface area contributed by atoms with E-state index in [9.17, 15) is 4.79 Å². The van der Waals surface area contributed by atoms with E-state index in [0.717, 1.165) is 43.2 Å². The third kappa shape index (κ3) is 14.6. The van der Waals surface area contributed by atoms with Crippen LogP contribution in [0.1, 0.15) is 176 Å². The second-order valence-corrected chi connectivity index (χ2v) is 12.8. The molecule has 1 fully saturated rings. The van der Waals surface area contributed by atoms with Gasteiger partial charge in [0.05, 0.1) is 0 Å². The summed E-state index contributed by atoms with van der Waals surface area (Å²) in [6.07, 6.45) is 31.2. The molecule has 1 aliphatic rings. The Morgan fingerprint density at radius 1 is 0.605 bits per heavy atom. The maximum Gasteiger partial charge on any atom is 0.248 e. The van der Waals surface area contributed by atoms with E-state index in [-0.39, 0.29) is 5.91 Å². The third-order valence-corrected chi connectivity index (χ3v) is 9.65. The molecule has 0 aromatic carbocycles. The van der Waals surface area contributed by atoms with Crippen LogP contribution < -0.4 is 0 Å². The Hall–Kier alpha value is -0.790. The molecule has 0 aliphatic heterocycles. The maximum absolute atomic E-state index is 12.2. The predicted molar refractivity (Wildman–Crippen MR) is 170 cm³/mol. The summed E-state index contributed by atoms with van der Waals surface area (Å²) in [6, 6.07) is 0. The molecule has 38 heavy (non-hydrogen) atoms. The molecule has 0 saturated heterocycles. The van der Waals surface area contributed by atoms with Gasteiger partial charge >= 0.3 is 0 Å². The summed E-state index contributed by atoms with van der Waals surface area (Å²) in [7, 11) is 0. The van der Waals surface area contributed by atoms with Crippen LogP contribution in [0.25, 0.3) is 0 Å². The molecule has 1 amide bonds. The summed E-state index contributed by atoms with van der Waals surface area (Å²) in [5.41, 5.74) is 0.665. The van der Waals surface area contributed by atoms with Crippen LogP contribution in [-0.4, -0.2) is 23.9 Å². The van der Waals surface area contributed by atoms with Crippen LogP contribution in [0.3, 0.4) is 0 Å². The Morgan fingerprint density at radius 3 is 1.55 bits per heavy atom. The molecular weight excluding hydrogens is 462 g/mol. The highest BCUT2D eigenvalue weighted by Crippen LogP contribution is 2.47. The predicted octanol–water partition coefficient (Wildman–Crippen LogP) is 11.5. The zero-order valence-electron chi connectivity index (χ0n) is 26.8. The lowest BCUT2D eigenvalue weighted by Gasteiger charge is -2.44. The fourth-order valence-corrected chi connectivity index (χ4v) is 7.42. The lowest BCUT2D eigenvalue weighted by Crippen LogP contribution is -2.35. The molecule has 0 spiro atoms. The quantitative estimate of drug-likeness (QED) is 0.0895. The molecule has 1 rings (SSSR count). The summed E-state index contributed by atoms with van der Waals surface area (Å²) < 4.78 is 0. The van der Waals surface area contributed by atoms with Crippen molar-refractivity contribution in [1.29, 1.82) is 0 Å². The number of carbonyl (C=O) groups is 1. The van der Waals surface area contributed by atoms with Crippen LogP contribution in [0.15, 0.2) is 12.2 Å². The fraction of sp³-hybridized carbons (Fsp3) is 0.917. The minimum Gasteiger partial charge on any atom is -0.339 e. The van der Waals surface area contributed by atoms with Crippen LogP contribution in [0.2, 0.25) is 0 Å². The Bertz CT molecular complexity index is 584. The second kappa shape index (κ2) is 23.0. The monoisotopic (exact) mass is 532 g/mol. The van der Waals surface area contributed by atoms with E-state index in [1.807, 2.05) is 11.8 Å². The average Bonchev–Trinajstić information content (AvgIpc) is 2.91. The Labute approximate surface area is 240 Å². The Morgan fingerprint density at radius 2 is 1.05 bits per heavy atom. The SMILES string of the molecule is C=C(C)C(=O)N(CC)CCCCCCCCC1C(CCCCC)CCC(CCC)C1CCCCCCCC. The van der Waals surface area contributed by atoms with Crippen LogP contribution in [0.5, 0.6) is 0 Å². The van der Waals surface area contributed by atoms with E-state index in [1.54, 1.807) is 0 Å². The van der Waals surface area contributed by atoms with Gasteiger partial charge in [0, 0.05) is 18.7 Å². The van der Waals surface area contributed by atoms with E-state index >= 15 is 0 Å². The lowest BCUT2D eigenvalue weighted by atomic mass is 9.61. The van der Waals surface area contributed by atoms with Crippen molar-refractivity contribution < 1.29 is 4.79 Å². The number of nitrogens with zero attached hydrogens (tertiary/aromatic N) is 1. The van der Waals surface area contributed by atoms with Crippen LogP contribution in [0.4, 0.5) is 0 Å². The maximum atomic E-state index is 12.2. The van der Waals surface area contributed by atoms with Crippen LogP contribution in [0, 0.1) is 23.7 Å². The summed E-state index contributed by atoms with van der Waals surface area (Å²) in [5.74, 6) is 4.15. The first-order valence-electron chi connectivity index (χ1n) is 17.4. The van der Waals surface area contributed by atoms with Crippen molar-refractivity contribution in [1.82, 2.24) is 4.90 Å². The third-order valence-electron chi connectivity index (χ3n) is 9.65. The first kappa shape index (κ1) is 35.2. The number of hydrogen-bond donors (Lipinski definition) is 0. The van der Waals surface area contributed by atoms with Crippen molar-refractivity contribution in [3.05, 3.63) is 12.2 Å². The topological polar surface area (TPSA) is 20.3 Å². The van der Waals surface area contributed by atoms with E-state index < -0.39 is 0 Å². The molecule has 1 aliphatic carbocycles. The van der Waals surface area contributed by atoms with E-state index in [1.165, 1.54) is 135 Å². The number of likely N-dealkylation sites (N-methyl/N-ethyl adjacent to an activating group) is 1. The molecule has 1 saturated carbocycles. The number of rotatable bonds is 24. The van der Waals surface area contributed by atoms with Gasteiger partial charge in [0.15, 0.2) is 0 Å². The summed E-state index contributed by atoms with van der Waals surface area (Å²) in [6.45, 7) is 16.5. The molecule has 2 heteroatoms. The van der Waals surface area contributed by atoms with Crippen molar-refractivity contribution in [3.8, 4) is 0 Å². The largest absolute Gasteiger partial charge is 0.339 e. The van der Waals surface area contributed by atoms with Gasteiger partial charge < -0.3 is 4.90 Å². The Kier molecular flexibility index (Phi) is 21.3. The molecule has 0 N–H and O–H groups in total. The molecule has 0 radical (unpaired) electrons. The molecule has 0 aromatic rings. The number of carbonyl (C=O) groups excluding carboxylic acids is 1. The van der Waals surface area contributed by atoms with Gasteiger partial charge in [0.25, 0.3) is 0 Å². The molecule has 224 valence electrons. The normalized spacial score (nSPS) is 21.5. The minimum atomic E-state index is 0.130. The van der Waals surface area contributed by atoms with Crippen LogP contribution in [-0.2, 0) is 4.79 Å². The van der Waals surface area contributed by atoms with E-state index in [4.69, 9.17) is 0 Å². The van der Waals surface area contributed by atoms with Gasteiger partial charge in [0.2, 0.25) is 5.91 Å². The minimum absolute atomic E-state index is 0.130. The van der Waals surface area contributed by atoms with Gasteiger partial charge in [-0.15, -0.1) is 0 Å². The zero-order valence-corrected chi connectivity index (χ0v) is 26.8. The Balaban J connectivity index is 2.54. The highest BCUT2D eigenvalue weighted by Gasteiger charge is 2.37.